The Morgan fingerprint density at radius 1 is 1.09 bits per heavy atom. The Bertz CT molecular complexity index is 1120. The van der Waals surface area contributed by atoms with Crippen molar-refractivity contribution in [2.45, 2.75) is 50.2 Å². The van der Waals surface area contributed by atoms with Gasteiger partial charge < -0.3 is 5.32 Å². The third-order valence-corrected chi connectivity index (χ3v) is 9.23. The van der Waals surface area contributed by atoms with Gasteiger partial charge in [-0.2, -0.15) is 0 Å². The number of anilines is 1. The molecule has 4 atom stereocenters. The van der Waals surface area contributed by atoms with Crippen molar-refractivity contribution in [3.63, 3.8) is 0 Å². The fraction of sp³-hybridized carbons (Fsp3) is 0.435. The molecule has 2 aromatic rings. The highest BCUT2D eigenvalue weighted by atomic mass is 35.5. The van der Waals surface area contributed by atoms with Crippen LogP contribution in [0.25, 0.3) is 0 Å². The molecule has 0 aliphatic heterocycles. The summed E-state index contributed by atoms with van der Waals surface area (Å²) in [4.78, 5) is 12.5. The van der Waals surface area contributed by atoms with Crippen LogP contribution in [-0.4, -0.2) is 19.6 Å². The van der Waals surface area contributed by atoms with Gasteiger partial charge in [-0.05, 0) is 42.4 Å². The van der Waals surface area contributed by atoms with E-state index in [0.717, 1.165) is 6.42 Å². The third-order valence-electron chi connectivity index (χ3n) is 6.39. The average Bonchev–Trinajstić information content (AvgIpc) is 3.08. The van der Waals surface area contributed by atoms with Crippen molar-refractivity contribution in [1.29, 1.82) is 0 Å². The first-order valence-electron chi connectivity index (χ1n) is 10.5. The second-order valence-corrected chi connectivity index (χ2v) is 10.8. The van der Waals surface area contributed by atoms with E-state index in [4.69, 9.17) is 11.6 Å². The van der Waals surface area contributed by atoms with E-state index in [9.17, 15) is 26.4 Å². The predicted octanol–water partition coefficient (Wildman–Crippen LogP) is 6.24. The second-order valence-electron chi connectivity index (χ2n) is 8.32. The molecule has 32 heavy (non-hydrogen) atoms. The number of rotatable bonds is 6. The van der Waals surface area contributed by atoms with E-state index in [1.165, 1.54) is 18.2 Å². The van der Waals surface area contributed by atoms with Crippen LogP contribution in [0.4, 0.5) is 18.9 Å². The highest BCUT2D eigenvalue weighted by Crippen LogP contribution is 2.46. The number of hydrogen-bond donors (Lipinski definition) is 1. The van der Waals surface area contributed by atoms with Gasteiger partial charge in [-0.1, -0.05) is 45.2 Å². The molecule has 1 aliphatic rings. The van der Waals surface area contributed by atoms with Crippen molar-refractivity contribution >= 4 is 33.0 Å². The van der Waals surface area contributed by atoms with Crippen LogP contribution in [0.15, 0.2) is 35.2 Å². The fourth-order valence-electron chi connectivity index (χ4n) is 4.82. The smallest absolute Gasteiger partial charge is 0.255 e. The van der Waals surface area contributed by atoms with Gasteiger partial charge >= 0.3 is 0 Å². The van der Waals surface area contributed by atoms with E-state index in [1.807, 2.05) is 13.8 Å². The van der Waals surface area contributed by atoms with Gasteiger partial charge in [-0.3, -0.25) is 4.79 Å². The molecule has 1 saturated carbocycles. The Balaban J connectivity index is 1.97. The maximum Gasteiger partial charge on any atom is 0.255 e. The van der Waals surface area contributed by atoms with Crippen molar-refractivity contribution in [2.75, 3.05) is 5.32 Å². The Kier molecular flexibility index (Phi) is 7.25. The summed E-state index contributed by atoms with van der Waals surface area (Å²) in [6.07, 6.45) is 2.23. The minimum Gasteiger partial charge on any atom is -0.322 e. The number of carbonyl (C=O) groups is 1. The molecular formula is C23H25ClF3NO3S. The zero-order chi connectivity index (χ0) is 23.8. The van der Waals surface area contributed by atoms with Crippen LogP contribution in [-0.2, 0) is 9.84 Å². The monoisotopic (exact) mass is 487 g/mol. The van der Waals surface area contributed by atoms with E-state index in [2.05, 4.69) is 12.2 Å². The molecule has 4 nitrogen and oxygen atoms in total. The van der Waals surface area contributed by atoms with Gasteiger partial charge in [0.2, 0.25) is 0 Å². The first-order valence-corrected chi connectivity index (χ1v) is 12.4. The zero-order valence-corrected chi connectivity index (χ0v) is 19.5. The number of amides is 1. The highest BCUT2D eigenvalue weighted by molar-refractivity contribution is 7.92. The molecular weight excluding hydrogens is 463 g/mol. The average molecular weight is 488 g/mol. The van der Waals surface area contributed by atoms with Crippen molar-refractivity contribution in [3.05, 3.63) is 58.4 Å². The Morgan fingerprint density at radius 2 is 1.72 bits per heavy atom. The summed E-state index contributed by atoms with van der Waals surface area (Å²) in [6, 6.07) is 5.10. The van der Waals surface area contributed by atoms with Gasteiger partial charge in [0.15, 0.2) is 27.3 Å². The van der Waals surface area contributed by atoms with Gasteiger partial charge in [0, 0.05) is 23.4 Å². The molecule has 0 spiro atoms. The number of hydrogen-bond acceptors (Lipinski definition) is 3. The highest BCUT2D eigenvalue weighted by Gasteiger charge is 2.47. The minimum atomic E-state index is -3.85. The first kappa shape index (κ1) is 24.6. The van der Waals surface area contributed by atoms with Crippen molar-refractivity contribution < 1.29 is 26.4 Å². The van der Waals surface area contributed by atoms with Crippen LogP contribution in [0.1, 0.15) is 50.4 Å². The second kappa shape index (κ2) is 9.43. The lowest BCUT2D eigenvalue weighted by Crippen LogP contribution is -2.32. The molecule has 2 aromatic carbocycles. The topological polar surface area (TPSA) is 63.2 Å². The maximum atomic E-state index is 13.6. The van der Waals surface area contributed by atoms with Crippen LogP contribution in [0, 0.1) is 35.2 Å². The van der Waals surface area contributed by atoms with Crippen LogP contribution >= 0.6 is 11.6 Å². The fourth-order valence-corrected chi connectivity index (χ4v) is 7.91. The van der Waals surface area contributed by atoms with E-state index < -0.39 is 38.4 Å². The van der Waals surface area contributed by atoms with Crippen molar-refractivity contribution in [1.82, 2.24) is 0 Å². The van der Waals surface area contributed by atoms with Gasteiger partial charge in [-0.25, -0.2) is 21.6 Å². The lowest BCUT2D eigenvalue weighted by molar-refractivity contribution is 0.102. The molecule has 0 radical (unpaired) electrons. The SMILES string of the molecule is CCC1C(S(=O)(=O)c2cc(C(=O)Nc3cc(F)c(F)c(F)c3)ccc2Cl)[C@H](CC)C[C@@H]1C. The number of benzene rings is 2. The molecule has 0 heterocycles. The van der Waals surface area contributed by atoms with Gasteiger partial charge in [0.05, 0.1) is 15.2 Å². The van der Waals surface area contributed by atoms with Crippen LogP contribution in [0.2, 0.25) is 5.02 Å². The molecule has 3 rings (SSSR count). The maximum absolute atomic E-state index is 13.6. The van der Waals surface area contributed by atoms with Gasteiger partial charge in [0.25, 0.3) is 5.91 Å². The Labute approximate surface area is 191 Å². The number of sulfone groups is 1. The Hall–Kier alpha value is -2.06. The summed E-state index contributed by atoms with van der Waals surface area (Å²) >= 11 is 6.25. The van der Waals surface area contributed by atoms with E-state index in [1.54, 1.807) is 0 Å². The lowest BCUT2D eigenvalue weighted by Gasteiger charge is -2.25. The normalized spacial score (nSPS) is 23.3. The number of nitrogens with one attached hydrogen (secondary N) is 1. The van der Waals surface area contributed by atoms with E-state index in [-0.39, 0.29) is 38.9 Å². The third kappa shape index (κ3) is 4.53. The molecule has 0 saturated heterocycles. The summed E-state index contributed by atoms with van der Waals surface area (Å²) in [6.45, 7) is 5.98. The first-order chi connectivity index (χ1) is 15.0. The quantitative estimate of drug-likeness (QED) is 0.490. The number of halogens is 4. The summed E-state index contributed by atoms with van der Waals surface area (Å²) in [5.74, 6) is -5.15. The largest absolute Gasteiger partial charge is 0.322 e. The van der Waals surface area contributed by atoms with Crippen molar-refractivity contribution in [2.24, 2.45) is 17.8 Å². The molecule has 9 heteroatoms. The van der Waals surface area contributed by atoms with Crippen LogP contribution in [0.3, 0.4) is 0 Å². The summed E-state index contributed by atoms with van der Waals surface area (Å²) in [5.41, 5.74) is -0.349. The standard InChI is InChI=1S/C23H25ClF3NO3S/c1-4-13-8-12(3)16(5-2)22(13)32(30,31)20-9-14(6-7-17(20)24)23(29)28-15-10-18(25)21(27)19(26)11-15/h6-7,9-13,16,22H,4-5,8H2,1-3H3,(H,28,29)/t12-,13+,16?,22?/m0/s1. The number of carbonyl (C=O) groups excluding carboxylic acids is 1. The molecule has 0 aromatic heterocycles. The van der Waals surface area contributed by atoms with Gasteiger partial charge in [0.1, 0.15) is 0 Å². The molecule has 2 unspecified atom stereocenters. The zero-order valence-electron chi connectivity index (χ0n) is 18.0. The lowest BCUT2D eigenvalue weighted by atomic mass is 9.95. The molecule has 1 aliphatic carbocycles. The summed E-state index contributed by atoms with van der Waals surface area (Å²) < 4.78 is 67.3. The van der Waals surface area contributed by atoms with Crippen LogP contribution in [0.5, 0.6) is 0 Å². The molecule has 174 valence electrons. The molecule has 1 fully saturated rings. The van der Waals surface area contributed by atoms with Crippen molar-refractivity contribution in [3.8, 4) is 0 Å². The molecule has 0 bridgehead atoms. The Morgan fingerprint density at radius 3 is 2.28 bits per heavy atom. The van der Waals surface area contributed by atoms with Crippen LogP contribution < -0.4 is 5.32 Å². The van der Waals surface area contributed by atoms with Gasteiger partial charge in [-0.15, -0.1) is 0 Å². The van der Waals surface area contributed by atoms with E-state index >= 15 is 0 Å². The summed E-state index contributed by atoms with van der Waals surface area (Å²) in [5, 5.41) is 1.65. The summed E-state index contributed by atoms with van der Waals surface area (Å²) in [7, 11) is -3.85. The minimum absolute atomic E-state index is 0.00433. The predicted molar refractivity (Wildman–Crippen MR) is 118 cm³/mol. The van der Waals surface area contributed by atoms with E-state index in [0.29, 0.717) is 25.0 Å². The molecule has 1 N–H and O–H groups in total. The molecule has 1 amide bonds.